The van der Waals surface area contributed by atoms with E-state index >= 15 is 0 Å². The highest BCUT2D eigenvalue weighted by Gasteiger charge is 2.10. The molecule has 2 rings (SSSR count). The zero-order valence-corrected chi connectivity index (χ0v) is 11.5. The van der Waals surface area contributed by atoms with Crippen LogP contribution in [-0.4, -0.2) is 10.9 Å². The van der Waals surface area contributed by atoms with Crippen LogP contribution < -0.4 is 11.1 Å². The van der Waals surface area contributed by atoms with Crippen molar-refractivity contribution in [1.29, 1.82) is 0 Å². The Labute approximate surface area is 116 Å². The molecule has 0 spiro atoms. The van der Waals surface area contributed by atoms with Crippen LogP contribution in [0.1, 0.15) is 21.5 Å². The van der Waals surface area contributed by atoms with E-state index < -0.39 is 0 Å². The molecular formula is C14H14ClN3O. The Bertz CT molecular complexity index is 641. The predicted octanol–water partition coefficient (Wildman–Crippen LogP) is 3.19. The number of carbonyl (C=O) groups excluding carboxylic acids is 1. The second kappa shape index (κ2) is 5.28. The standard InChI is InChI=1S/C14H14ClN3O/c1-8-3-4-12(9(2)5-8)18-14(19)10-6-11(15)13(16)17-7-10/h3-7H,1-2H3,(H2,16,17)(H,18,19). The quantitative estimate of drug-likeness (QED) is 0.884. The van der Waals surface area contributed by atoms with Gasteiger partial charge in [0.15, 0.2) is 0 Å². The average Bonchev–Trinajstić information content (AvgIpc) is 2.36. The van der Waals surface area contributed by atoms with Crippen LogP contribution in [0.15, 0.2) is 30.5 Å². The molecule has 0 radical (unpaired) electrons. The van der Waals surface area contributed by atoms with Gasteiger partial charge in [0.1, 0.15) is 5.82 Å². The summed E-state index contributed by atoms with van der Waals surface area (Å²) >= 11 is 5.85. The van der Waals surface area contributed by atoms with Gasteiger partial charge in [-0.3, -0.25) is 4.79 Å². The number of nitrogens with two attached hydrogens (primary N) is 1. The van der Waals surface area contributed by atoms with Gasteiger partial charge in [-0.2, -0.15) is 0 Å². The first-order valence-corrected chi connectivity index (χ1v) is 6.15. The smallest absolute Gasteiger partial charge is 0.257 e. The number of halogens is 1. The maximum absolute atomic E-state index is 12.1. The van der Waals surface area contributed by atoms with Crippen molar-refractivity contribution in [1.82, 2.24) is 4.98 Å². The zero-order valence-electron chi connectivity index (χ0n) is 10.7. The second-order valence-electron chi connectivity index (χ2n) is 4.36. The lowest BCUT2D eigenvalue weighted by atomic mass is 10.1. The van der Waals surface area contributed by atoms with E-state index in [9.17, 15) is 4.79 Å². The largest absolute Gasteiger partial charge is 0.382 e. The topological polar surface area (TPSA) is 68.0 Å². The van der Waals surface area contributed by atoms with Crippen LogP contribution in [0.4, 0.5) is 11.5 Å². The predicted molar refractivity (Wildman–Crippen MR) is 77.5 cm³/mol. The van der Waals surface area contributed by atoms with Crippen LogP contribution in [0.25, 0.3) is 0 Å². The van der Waals surface area contributed by atoms with Gasteiger partial charge in [0.05, 0.1) is 10.6 Å². The first kappa shape index (κ1) is 13.4. The molecule has 0 aliphatic carbocycles. The van der Waals surface area contributed by atoms with Gasteiger partial charge in [-0.05, 0) is 31.5 Å². The Kier molecular flexibility index (Phi) is 3.71. The lowest BCUT2D eigenvalue weighted by Crippen LogP contribution is -2.13. The molecule has 2 aromatic rings. The molecule has 1 amide bonds. The van der Waals surface area contributed by atoms with Crippen molar-refractivity contribution in [2.45, 2.75) is 13.8 Å². The number of carbonyl (C=O) groups is 1. The summed E-state index contributed by atoms with van der Waals surface area (Å²) in [4.78, 5) is 15.9. The first-order chi connectivity index (χ1) is 8.97. The van der Waals surface area contributed by atoms with Crippen LogP contribution in [0.5, 0.6) is 0 Å². The van der Waals surface area contributed by atoms with Crippen molar-refractivity contribution in [2.24, 2.45) is 0 Å². The molecule has 5 heteroatoms. The van der Waals surface area contributed by atoms with Gasteiger partial charge in [-0.25, -0.2) is 4.98 Å². The summed E-state index contributed by atoms with van der Waals surface area (Å²) in [7, 11) is 0. The van der Waals surface area contributed by atoms with E-state index in [1.54, 1.807) is 0 Å². The Morgan fingerprint density at radius 2 is 2.05 bits per heavy atom. The minimum absolute atomic E-state index is 0.213. The van der Waals surface area contributed by atoms with Crippen LogP contribution in [0.2, 0.25) is 5.02 Å². The number of hydrogen-bond donors (Lipinski definition) is 2. The van der Waals surface area contributed by atoms with Gasteiger partial charge in [0.25, 0.3) is 5.91 Å². The number of rotatable bonds is 2. The number of anilines is 2. The summed E-state index contributed by atoms with van der Waals surface area (Å²) in [5, 5.41) is 3.09. The van der Waals surface area contributed by atoms with Gasteiger partial charge in [-0.1, -0.05) is 29.3 Å². The van der Waals surface area contributed by atoms with E-state index in [0.29, 0.717) is 5.56 Å². The van der Waals surface area contributed by atoms with Crippen molar-refractivity contribution in [3.05, 3.63) is 52.2 Å². The normalized spacial score (nSPS) is 10.3. The molecule has 0 unspecified atom stereocenters. The van der Waals surface area contributed by atoms with E-state index in [1.807, 2.05) is 32.0 Å². The molecular weight excluding hydrogens is 262 g/mol. The molecule has 1 aromatic heterocycles. The molecule has 1 heterocycles. The number of benzene rings is 1. The number of nitrogens with zero attached hydrogens (tertiary/aromatic N) is 1. The second-order valence-corrected chi connectivity index (χ2v) is 4.77. The van der Waals surface area contributed by atoms with E-state index in [-0.39, 0.29) is 16.7 Å². The monoisotopic (exact) mass is 275 g/mol. The van der Waals surface area contributed by atoms with E-state index in [2.05, 4.69) is 10.3 Å². The fourth-order valence-corrected chi connectivity index (χ4v) is 1.89. The summed E-state index contributed by atoms with van der Waals surface area (Å²) in [5.74, 6) is -0.0499. The molecule has 19 heavy (non-hydrogen) atoms. The lowest BCUT2D eigenvalue weighted by Gasteiger charge is -2.09. The van der Waals surface area contributed by atoms with Crippen LogP contribution >= 0.6 is 11.6 Å². The molecule has 0 bridgehead atoms. The number of aryl methyl sites for hydroxylation is 2. The zero-order chi connectivity index (χ0) is 14.0. The number of nitrogen functional groups attached to an aromatic ring is 1. The van der Waals surface area contributed by atoms with Crippen molar-refractivity contribution in [3.63, 3.8) is 0 Å². The summed E-state index contributed by atoms with van der Waals surface area (Å²) in [6.45, 7) is 3.94. The van der Waals surface area contributed by atoms with Gasteiger partial charge < -0.3 is 11.1 Å². The Morgan fingerprint density at radius 3 is 2.68 bits per heavy atom. The molecule has 0 saturated carbocycles. The molecule has 4 nitrogen and oxygen atoms in total. The SMILES string of the molecule is Cc1ccc(NC(=O)c2cnc(N)c(Cl)c2)c(C)c1. The molecule has 3 N–H and O–H groups in total. The van der Waals surface area contributed by atoms with Crippen molar-refractivity contribution < 1.29 is 4.79 Å². The highest BCUT2D eigenvalue weighted by atomic mass is 35.5. The third-order valence-electron chi connectivity index (χ3n) is 2.76. The number of nitrogens with one attached hydrogen (secondary N) is 1. The maximum atomic E-state index is 12.1. The van der Waals surface area contributed by atoms with Crippen LogP contribution in [0, 0.1) is 13.8 Å². The van der Waals surface area contributed by atoms with Crippen LogP contribution in [0.3, 0.4) is 0 Å². The van der Waals surface area contributed by atoms with E-state index in [1.165, 1.54) is 12.3 Å². The molecule has 0 aliphatic rings. The minimum Gasteiger partial charge on any atom is -0.382 e. The van der Waals surface area contributed by atoms with Crippen molar-refractivity contribution >= 4 is 29.0 Å². The first-order valence-electron chi connectivity index (χ1n) is 5.77. The molecule has 0 saturated heterocycles. The average molecular weight is 276 g/mol. The molecule has 98 valence electrons. The van der Waals surface area contributed by atoms with Crippen LogP contribution in [-0.2, 0) is 0 Å². The third kappa shape index (κ3) is 3.03. The minimum atomic E-state index is -0.263. The molecule has 0 atom stereocenters. The van der Waals surface area contributed by atoms with Crippen molar-refractivity contribution in [2.75, 3.05) is 11.1 Å². The summed E-state index contributed by atoms with van der Waals surface area (Å²) in [6, 6.07) is 7.32. The maximum Gasteiger partial charge on any atom is 0.257 e. The fourth-order valence-electron chi connectivity index (χ4n) is 1.72. The van der Waals surface area contributed by atoms with Crippen molar-refractivity contribution in [3.8, 4) is 0 Å². The van der Waals surface area contributed by atoms with Gasteiger partial charge in [-0.15, -0.1) is 0 Å². The van der Waals surface area contributed by atoms with Gasteiger partial charge in [0, 0.05) is 11.9 Å². The molecule has 0 aliphatic heterocycles. The number of amides is 1. The molecule has 0 fully saturated rings. The number of hydrogen-bond acceptors (Lipinski definition) is 3. The number of aromatic nitrogens is 1. The lowest BCUT2D eigenvalue weighted by molar-refractivity contribution is 0.102. The third-order valence-corrected chi connectivity index (χ3v) is 3.06. The highest BCUT2D eigenvalue weighted by Crippen LogP contribution is 2.20. The Balaban J connectivity index is 2.23. The Hall–Kier alpha value is -2.07. The summed E-state index contributed by atoms with van der Waals surface area (Å²) in [6.07, 6.45) is 1.40. The summed E-state index contributed by atoms with van der Waals surface area (Å²) < 4.78 is 0. The van der Waals surface area contributed by atoms with E-state index in [4.69, 9.17) is 17.3 Å². The Morgan fingerprint density at radius 1 is 1.32 bits per heavy atom. The summed E-state index contributed by atoms with van der Waals surface area (Å²) in [5.41, 5.74) is 8.80. The molecule has 1 aromatic carbocycles. The van der Waals surface area contributed by atoms with E-state index in [0.717, 1.165) is 16.8 Å². The fraction of sp³-hybridized carbons (Fsp3) is 0.143. The highest BCUT2D eigenvalue weighted by molar-refractivity contribution is 6.33. The van der Waals surface area contributed by atoms with Gasteiger partial charge >= 0.3 is 0 Å². The number of pyridine rings is 1. The van der Waals surface area contributed by atoms with Gasteiger partial charge in [0.2, 0.25) is 0 Å².